The first-order valence-corrected chi connectivity index (χ1v) is 4.63. The molecule has 0 saturated carbocycles. The minimum atomic E-state index is 0.124. The standard InChI is InChI=1S/C10H15N3/c1-10(2,3)9-7-4-11-5-8(7)12-6-13-9/h6,11H,4-5H2,1-3H3. The van der Waals surface area contributed by atoms with Crippen molar-refractivity contribution < 1.29 is 0 Å². The molecule has 0 aliphatic carbocycles. The molecule has 0 bridgehead atoms. The van der Waals surface area contributed by atoms with Crippen LogP contribution in [0, 0.1) is 0 Å². The molecular formula is C10H15N3. The molecule has 0 amide bonds. The Labute approximate surface area is 78.6 Å². The lowest BCUT2D eigenvalue weighted by Gasteiger charge is -2.20. The van der Waals surface area contributed by atoms with Crippen LogP contribution in [0.25, 0.3) is 0 Å². The quantitative estimate of drug-likeness (QED) is 0.650. The lowest BCUT2D eigenvalue weighted by molar-refractivity contribution is 0.558. The van der Waals surface area contributed by atoms with E-state index >= 15 is 0 Å². The maximum atomic E-state index is 4.37. The van der Waals surface area contributed by atoms with Gasteiger partial charge in [0.25, 0.3) is 0 Å². The molecular weight excluding hydrogens is 162 g/mol. The summed E-state index contributed by atoms with van der Waals surface area (Å²) in [7, 11) is 0. The molecule has 1 aromatic heterocycles. The summed E-state index contributed by atoms with van der Waals surface area (Å²) >= 11 is 0. The predicted molar refractivity (Wildman–Crippen MR) is 51.3 cm³/mol. The van der Waals surface area contributed by atoms with Gasteiger partial charge in [-0.1, -0.05) is 20.8 Å². The number of fused-ring (bicyclic) bond motifs is 1. The van der Waals surface area contributed by atoms with Crippen LogP contribution in [0.1, 0.15) is 37.7 Å². The zero-order chi connectivity index (χ0) is 9.47. The summed E-state index contributed by atoms with van der Waals surface area (Å²) in [5.74, 6) is 0. The zero-order valence-electron chi connectivity index (χ0n) is 8.39. The van der Waals surface area contributed by atoms with Gasteiger partial charge in [0.1, 0.15) is 6.33 Å². The Kier molecular flexibility index (Phi) is 1.84. The van der Waals surface area contributed by atoms with E-state index in [1.807, 2.05) is 0 Å². The van der Waals surface area contributed by atoms with Crippen LogP contribution in [0.5, 0.6) is 0 Å². The van der Waals surface area contributed by atoms with Crippen LogP contribution in [-0.2, 0) is 18.5 Å². The smallest absolute Gasteiger partial charge is 0.116 e. The molecule has 1 aliphatic rings. The van der Waals surface area contributed by atoms with Crippen LogP contribution in [0.15, 0.2) is 6.33 Å². The van der Waals surface area contributed by atoms with Gasteiger partial charge in [-0.3, -0.25) is 0 Å². The van der Waals surface area contributed by atoms with Gasteiger partial charge >= 0.3 is 0 Å². The summed E-state index contributed by atoms with van der Waals surface area (Å²) in [6.45, 7) is 8.37. The van der Waals surface area contributed by atoms with E-state index in [2.05, 4.69) is 36.1 Å². The second kappa shape index (κ2) is 2.77. The molecule has 13 heavy (non-hydrogen) atoms. The van der Waals surface area contributed by atoms with Gasteiger partial charge in [0, 0.05) is 24.1 Å². The monoisotopic (exact) mass is 177 g/mol. The average molecular weight is 177 g/mol. The highest BCUT2D eigenvalue weighted by Gasteiger charge is 2.24. The predicted octanol–water partition coefficient (Wildman–Crippen LogP) is 1.38. The number of hydrogen-bond acceptors (Lipinski definition) is 3. The SMILES string of the molecule is CC(C)(C)c1ncnc2c1CNC2. The second-order valence-electron chi connectivity index (χ2n) is 4.50. The molecule has 0 unspecified atom stereocenters. The molecule has 2 heterocycles. The van der Waals surface area contributed by atoms with Gasteiger partial charge in [0.15, 0.2) is 0 Å². The first-order valence-electron chi connectivity index (χ1n) is 4.63. The van der Waals surface area contributed by atoms with E-state index in [1.165, 1.54) is 17.0 Å². The van der Waals surface area contributed by atoms with Crippen molar-refractivity contribution in [2.75, 3.05) is 0 Å². The first kappa shape index (κ1) is 8.63. The van der Waals surface area contributed by atoms with Gasteiger partial charge in [-0.15, -0.1) is 0 Å². The average Bonchev–Trinajstić information content (AvgIpc) is 2.48. The van der Waals surface area contributed by atoms with E-state index in [4.69, 9.17) is 0 Å². The van der Waals surface area contributed by atoms with Crippen LogP contribution in [0.3, 0.4) is 0 Å². The minimum Gasteiger partial charge on any atom is -0.307 e. The molecule has 1 aliphatic heterocycles. The van der Waals surface area contributed by atoms with E-state index < -0.39 is 0 Å². The maximum absolute atomic E-state index is 4.37. The molecule has 2 rings (SSSR count). The Bertz CT molecular complexity index is 325. The summed E-state index contributed by atoms with van der Waals surface area (Å²) in [6.07, 6.45) is 1.67. The highest BCUT2D eigenvalue weighted by molar-refractivity contribution is 5.32. The Morgan fingerprint density at radius 3 is 2.69 bits per heavy atom. The molecule has 0 fully saturated rings. The van der Waals surface area contributed by atoms with Crippen molar-refractivity contribution >= 4 is 0 Å². The maximum Gasteiger partial charge on any atom is 0.116 e. The Morgan fingerprint density at radius 1 is 1.23 bits per heavy atom. The van der Waals surface area contributed by atoms with Crippen molar-refractivity contribution in [3.8, 4) is 0 Å². The first-order chi connectivity index (χ1) is 6.09. The van der Waals surface area contributed by atoms with Gasteiger partial charge in [0.05, 0.1) is 11.4 Å². The molecule has 3 heteroatoms. The lowest BCUT2D eigenvalue weighted by atomic mass is 9.88. The molecule has 0 aromatic carbocycles. The number of aromatic nitrogens is 2. The van der Waals surface area contributed by atoms with Crippen molar-refractivity contribution in [3.63, 3.8) is 0 Å². The Balaban J connectivity index is 2.54. The number of nitrogens with one attached hydrogen (secondary N) is 1. The van der Waals surface area contributed by atoms with Crippen LogP contribution < -0.4 is 5.32 Å². The minimum absolute atomic E-state index is 0.124. The molecule has 1 N–H and O–H groups in total. The highest BCUT2D eigenvalue weighted by atomic mass is 15.0. The van der Waals surface area contributed by atoms with Crippen LogP contribution >= 0.6 is 0 Å². The van der Waals surface area contributed by atoms with E-state index in [0.29, 0.717) is 0 Å². The van der Waals surface area contributed by atoms with Crippen molar-refractivity contribution in [2.45, 2.75) is 39.3 Å². The Hall–Kier alpha value is -0.960. The van der Waals surface area contributed by atoms with Crippen molar-refractivity contribution in [3.05, 3.63) is 23.3 Å². The van der Waals surface area contributed by atoms with Crippen molar-refractivity contribution in [2.24, 2.45) is 0 Å². The third-order valence-electron chi connectivity index (χ3n) is 2.34. The summed E-state index contributed by atoms with van der Waals surface area (Å²) < 4.78 is 0. The van der Waals surface area contributed by atoms with E-state index in [1.54, 1.807) is 6.33 Å². The van der Waals surface area contributed by atoms with E-state index in [9.17, 15) is 0 Å². The molecule has 3 nitrogen and oxygen atoms in total. The fourth-order valence-corrected chi connectivity index (χ4v) is 1.74. The highest BCUT2D eigenvalue weighted by Crippen LogP contribution is 2.26. The third kappa shape index (κ3) is 1.44. The van der Waals surface area contributed by atoms with Gasteiger partial charge in [0.2, 0.25) is 0 Å². The number of hydrogen-bond donors (Lipinski definition) is 1. The lowest BCUT2D eigenvalue weighted by Crippen LogP contribution is -2.17. The fourth-order valence-electron chi connectivity index (χ4n) is 1.74. The molecule has 0 spiro atoms. The van der Waals surface area contributed by atoms with E-state index in [0.717, 1.165) is 13.1 Å². The molecule has 0 radical (unpaired) electrons. The van der Waals surface area contributed by atoms with Crippen LogP contribution in [0.4, 0.5) is 0 Å². The third-order valence-corrected chi connectivity index (χ3v) is 2.34. The van der Waals surface area contributed by atoms with Gasteiger partial charge < -0.3 is 5.32 Å². The molecule has 0 saturated heterocycles. The van der Waals surface area contributed by atoms with Gasteiger partial charge in [-0.25, -0.2) is 9.97 Å². The molecule has 1 aromatic rings. The summed E-state index contributed by atoms with van der Waals surface area (Å²) in [6, 6.07) is 0. The van der Waals surface area contributed by atoms with Gasteiger partial charge in [-0.05, 0) is 0 Å². The second-order valence-corrected chi connectivity index (χ2v) is 4.50. The summed E-state index contributed by atoms with van der Waals surface area (Å²) in [5.41, 5.74) is 3.77. The fraction of sp³-hybridized carbons (Fsp3) is 0.600. The Morgan fingerprint density at radius 2 is 2.00 bits per heavy atom. The van der Waals surface area contributed by atoms with Gasteiger partial charge in [-0.2, -0.15) is 0 Å². The number of nitrogens with zero attached hydrogens (tertiary/aromatic N) is 2. The normalized spacial score (nSPS) is 15.9. The summed E-state index contributed by atoms with van der Waals surface area (Å²) in [4.78, 5) is 8.63. The molecule has 70 valence electrons. The van der Waals surface area contributed by atoms with Crippen LogP contribution in [0.2, 0.25) is 0 Å². The molecule has 0 atom stereocenters. The summed E-state index contributed by atoms with van der Waals surface area (Å²) in [5, 5.41) is 3.30. The zero-order valence-corrected chi connectivity index (χ0v) is 8.39. The van der Waals surface area contributed by atoms with Crippen LogP contribution in [-0.4, -0.2) is 9.97 Å². The van der Waals surface area contributed by atoms with Crippen molar-refractivity contribution in [1.29, 1.82) is 0 Å². The number of rotatable bonds is 0. The largest absolute Gasteiger partial charge is 0.307 e. The van der Waals surface area contributed by atoms with E-state index in [-0.39, 0.29) is 5.41 Å². The van der Waals surface area contributed by atoms with Crippen molar-refractivity contribution in [1.82, 2.24) is 15.3 Å². The topological polar surface area (TPSA) is 37.8 Å².